The summed E-state index contributed by atoms with van der Waals surface area (Å²) in [6.07, 6.45) is 0. The minimum atomic E-state index is -3.64. The van der Waals surface area contributed by atoms with Gasteiger partial charge >= 0.3 is 0 Å². The minimum Gasteiger partial charge on any atom is -0.397 e. The largest absolute Gasteiger partial charge is 0.397 e. The van der Waals surface area contributed by atoms with Crippen LogP contribution in [-0.4, -0.2) is 27.4 Å². The Hall–Kier alpha value is -1.31. The fourth-order valence-corrected chi connectivity index (χ4v) is 2.38. The third kappa shape index (κ3) is 4.17. The second kappa shape index (κ2) is 6.03. The number of halogens is 1. The Balaban J connectivity index is 2.68. The van der Waals surface area contributed by atoms with E-state index in [1.54, 1.807) is 0 Å². The molecular weight excluding hydrogens is 278 g/mol. The molecule has 1 rings (SSSR count). The zero-order chi connectivity index (χ0) is 13.8. The van der Waals surface area contributed by atoms with E-state index in [-0.39, 0.29) is 29.6 Å². The first-order valence-corrected chi connectivity index (χ1v) is 6.98. The van der Waals surface area contributed by atoms with Gasteiger partial charge in [-0.1, -0.05) is 11.6 Å². The number of sulfonamides is 1. The van der Waals surface area contributed by atoms with Crippen LogP contribution in [0.1, 0.15) is 6.92 Å². The molecule has 0 aliphatic heterocycles. The summed E-state index contributed by atoms with van der Waals surface area (Å²) in [6, 6.07) is 4.06. The molecule has 0 unspecified atom stereocenters. The Morgan fingerprint density at radius 3 is 2.61 bits per heavy atom. The van der Waals surface area contributed by atoms with Crippen molar-refractivity contribution in [3.8, 4) is 0 Å². The first-order valence-electron chi connectivity index (χ1n) is 5.12. The van der Waals surface area contributed by atoms with Crippen LogP contribution >= 0.6 is 11.6 Å². The van der Waals surface area contributed by atoms with Crippen LogP contribution in [0, 0.1) is 0 Å². The molecule has 0 saturated carbocycles. The summed E-state index contributed by atoms with van der Waals surface area (Å²) in [5.41, 5.74) is 5.73. The minimum absolute atomic E-state index is 0.0345. The Morgan fingerprint density at radius 1 is 1.39 bits per heavy atom. The highest BCUT2D eigenvalue weighted by Gasteiger charge is 2.14. The van der Waals surface area contributed by atoms with Gasteiger partial charge in [0, 0.05) is 20.0 Å². The number of carbonyl (C=O) groups is 1. The van der Waals surface area contributed by atoms with Crippen molar-refractivity contribution >= 4 is 33.2 Å². The van der Waals surface area contributed by atoms with Gasteiger partial charge < -0.3 is 11.1 Å². The molecule has 4 N–H and O–H groups in total. The van der Waals surface area contributed by atoms with Gasteiger partial charge in [0.25, 0.3) is 0 Å². The summed E-state index contributed by atoms with van der Waals surface area (Å²) in [4.78, 5) is 10.6. The molecule has 0 aromatic heterocycles. The molecule has 0 heterocycles. The van der Waals surface area contributed by atoms with Crippen molar-refractivity contribution in [2.24, 2.45) is 0 Å². The standard InChI is InChI=1S/C10H14ClN3O3S/c1-7(15)13-4-5-14-18(16,17)8-2-3-9(11)10(12)6-8/h2-3,6,14H,4-5,12H2,1H3,(H,13,15). The molecule has 18 heavy (non-hydrogen) atoms. The fraction of sp³-hybridized carbons (Fsp3) is 0.300. The molecule has 0 aliphatic carbocycles. The lowest BCUT2D eigenvalue weighted by atomic mass is 10.3. The molecule has 0 radical (unpaired) electrons. The summed E-state index contributed by atoms with van der Waals surface area (Å²) in [6.45, 7) is 1.68. The summed E-state index contributed by atoms with van der Waals surface area (Å²) >= 11 is 5.70. The van der Waals surface area contributed by atoms with E-state index < -0.39 is 10.0 Å². The molecule has 0 aliphatic rings. The van der Waals surface area contributed by atoms with Crippen LogP contribution in [-0.2, 0) is 14.8 Å². The number of benzene rings is 1. The molecule has 100 valence electrons. The molecule has 0 saturated heterocycles. The van der Waals surface area contributed by atoms with Crippen molar-refractivity contribution in [3.05, 3.63) is 23.2 Å². The highest BCUT2D eigenvalue weighted by molar-refractivity contribution is 7.89. The molecule has 0 spiro atoms. The van der Waals surface area contributed by atoms with Crippen LogP contribution in [0.25, 0.3) is 0 Å². The van der Waals surface area contributed by atoms with Crippen LogP contribution < -0.4 is 15.8 Å². The number of nitrogens with one attached hydrogen (secondary N) is 2. The van der Waals surface area contributed by atoms with Crippen LogP contribution in [0.2, 0.25) is 5.02 Å². The summed E-state index contributed by atoms with van der Waals surface area (Å²) in [5.74, 6) is -0.218. The zero-order valence-corrected chi connectivity index (χ0v) is 11.3. The van der Waals surface area contributed by atoms with Gasteiger partial charge in [0.1, 0.15) is 0 Å². The lowest BCUT2D eigenvalue weighted by molar-refractivity contribution is -0.118. The van der Waals surface area contributed by atoms with E-state index in [0.717, 1.165) is 0 Å². The topological polar surface area (TPSA) is 101 Å². The number of anilines is 1. The maximum atomic E-state index is 11.8. The van der Waals surface area contributed by atoms with Gasteiger partial charge in [-0.25, -0.2) is 13.1 Å². The Labute approximate surface area is 111 Å². The van der Waals surface area contributed by atoms with Crippen molar-refractivity contribution < 1.29 is 13.2 Å². The third-order valence-corrected chi connectivity index (χ3v) is 3.87. The second-order valence-electron chi connectivity index (χ2n) is 3.56. The molecule has 1 aromatic carbocycles. The number of amides is 1. The maximum Gasteiger partial charge on any atom is 0.240 e. The first-order chi connectivity index (χ1) is 8.33. The van der Waals surface area contributed by atoms with Crippen molar-refractivity contribution in [1.29, 1.82) is 0 Å². The predicted molar refractivity (Wildman–Crippen MR) is 69.7 cm³/mol. The van der Waals surface area contributed by atoms with E-state index in [1.165, 1.54) is 25.1 Å². The molecule has 0 fully saturated rings. The summed E-state index contributed by atoms with van der Waals surface area (Å²) < 4.78 is 26.0. The van der Waals surface area contributed by atoms with Gasteiger partial charge in [-0.3, -0.25) is 4.79 Å². The number of hydrogen-bond donors (Lipinski definition) is 3. The van der Waals surface area contributed by atoms with E-state index in [1.807, 2.05) is 0 Å². The number of rotatable bonds is 5. The first kappa shape index (κ1) is 14.7. The zero-order valence-electron chi connectivity index (χ0n) is 9.73. The van der Waals surface area contributed by atoms with Gasteiger partial charge in [-0.15, -0.1) is 0 Å². The van der Waals surface area contributed by atoms with Gasteiger partial charge in [0.15, 0.2) is 0 Å². The number of nitrogen functional groups attached to an aromatic ring is 1. The third-order valence-electron chi connectivity index (χ3n) is 2.07. The molecular formula is C10H14ClN3O3S. The smallest absolute Gasteiger partial charge is 0.240 e. The number of hydrogen-bond acceptors (Lipinski definition) is 4. The van der Waals surface area contributed by atoms with E-state index in [9.17, 15) is 13.2 Å². The second-order valence-corrected chi connectivity index (χ2v) is 5.74. The Morgan fingerprint density at radius 2 is 2.06 bits per heavy atom. The summed E-state index contributed by atoms with van der Waals surface area (Å²) in [7, 11) is -3.64. The van der Waals surface area contributed by atoms with E-state index in [4.69, 9.17) is 17.3 Å². The number of carbonyl (C=O) groups excluding carboxylic acids is 1. The average Bonchev–Trinajstić information content (AvgIpc) is 2.28. The summed E-state index contributed by atoms with van der Waals surface area (Å²) in [5, 5.41) is 2.78. The van der Waals surface area contributed by atoms with Crippen molar-refractivity contribution in [1.82, 2.24) is 10.0 Å². The van der Waals surface area contributed by atoms with Gasteiger partial charge in [0.05, 0.1) is 15.6 Å². The SMILES string of the molecule is CC(=O)NCCNS(=O)(=O)c1ccc(Cl)c(N)c1. The highest BCUT2D eigenvalue weighted by Crippen LogP contribution is 2.21. The van der Waals surface area contributed by atoms with Crippen LogP contribution in [0.5, 0.6) is 0 Å². The van der Waals surface area contributed by atoms with Crippen molar-refractivity contribution in [2.75, 3.05) is 18.8 Å². The van der Waals surface area contributed by atoms with E-state index in [0.29, 0.717) is 5.02 Å². The van der Waals surface area contributed by atoms with Crippen LogP contribution in [0.15, 0.2) is 23.1 Å². The van der Waals surface area contributed by atoms with Crippen LogP contribution in [0.3, 0.4) is 0 Å². The number of nitrogens with two attached hydrogens (primary N) is 1. The molecule has 1 aromatic rings. The van der Waals surface area contributed by atoms with E-state index in [2.05, 4.69) is 10.0 Å². The quantitative estimate of drug-likeness (QED) is 0.538. The molecule has 0 bridgehead atoms. The monoisotopic (exact) mass is 291 g/mol. The van der Waals surface area contributed by atoms with Gasteiger partial charge in [-0.2, -0.15) is 0 Å². The maximum absolute atomic E-state index is 11.8. The fourth-order valence-electron chi connectivity index (χ4n) is 1.20. The highest BCUT2D eigenvalue weighted by atomic mass is 35.5. The lowest BCUT2D eigenvalue weighted by Crippen LogP contribution is -2.33. The molecule has 6 nitrogen and oxygen atoms in total. The average molecular weight is 292 g/mol. The van der Waals surface area contributed by atoms with Gasteiger partial charge in [0.2, 0.25) is 15.9 Å². The molecule has 1 amide bonds. The molecule has 8 heteroatoms. The normalized spacial score (nSPS) is 11.2. The Kier molecular flexibility index (Phi) is 4.94. The lowest BCUT2D eigenvalue weighted by Gasteiger charge is -2.08. The van der Waals surface area contributed by atoms with Crippen molar-refractivity contribution in [2.45, 2.75) is 11.8 Å². The van der Waals surface area contributed by atoms with E-state index >= 15 is 0 Å². The predicted octanol–water partition coefficient (Wildman–Crippen LogP) is 0.337. The molecule has 0 atom stereocenters. The van der Waals surface area contributed by atoms with Crippen molar-refractivity contribution in [3.63, 3.8) is 0 Å². The Bertz CT molecular complexity index is 545. The van der Waals surface area contributed by atoms with Gasteiger partial charge in [-0.05, 0) is 18.2 Å². The van der Waals surface area contributed by atoms with Crippen LogP contribution in [0.4, 0.5) is 5.69 Å².